The summed E-state index contributed by atoms with van der Waals surface area (Å²) >= 11 is 13.2. The van der Waals surface area contributed by atoms with Crippen molar-refractivity contribution in [1.29, 1.82) is 5.26 Å². The Bertz CT molecular complexity index is 1030. The van der Waals surface area contributed by atoms with Gasteiger partial charge in [0.05, 0.1) is 5.25 Å². The molecule has 0 spiro atoms. The van der Waals surface area contributed by atoms with Crippen molar-refractivity contribution in [2.45, 2.75) is 11.7 Å². The Hall–Kier alpha value is -2.53. The van der Waals surface area contributed by atoms with Crippen molar-refractivity contribution >= 4 is 52.5 Å². The topological polar surface area (TPSA) is 87.2 Å². The molecule has 5 nitrogen and oxygen atoms in total. The zero-order chi connectivity index (χ0) is 20.4. The van der Waals surface area contributed by atoms with E-state index < -0.39 is 17.0 Å². The first kappa shape index (κ1) is 20.2. The molecule has 0 radical (unpaired) electrons. The number of rotatable bonds is 4. The summed E-state index contributed by atoms with van der Waals surface area (Å²) in [5.74, 6) is -1.81. The molecule has 3 rings (SSSR count). The third-order valence-corrected chi connectivity index (χ3v) is 5.89. The number of halogens is 3. The molecule has 1 atom stereocenters. The molecule has 0 saturated carbocycles. The summed E-state index contributed by atoms with van der Waals surface area (Å²) in [7, 11) is 0. The Morgan fingerprint density at radius 3 is 2.54 bits per heavy atom. The molecule has 2 aromatic rings. The summed E-state index contributed by atoms with van der Waals surface area (Å²) in [6.07, 6.45) is 0.224. The number of hydrogen-bond donors (Lipinski definition) is 1. The molecule has 0 unspecified atom stereocenters. The summed E-state index contributed by atoms with van der Waals surface area (Å²) in [5, 5.41) is 9.70. The van der Waals surface area contributed by atoms with Crippen LogP contribution in [-0.4, -0.2) is 17.1 Å². The largest absolute Gasteiger partial charge is 0.365 e. The molecule has 28 heavy (non-hydrogen) atoms. The minimum absolute atomic E-state index is 0.106. The fourth-order valence-corrected chi connectivity index (χ4v) is 4.42. The molecule has 1 heterocycles. The van der Waals surface area contributed by atoms with E-state index in [1.807, 2.05) is 0 Å². The van der Waals surface area contributed by atoms with Crippen molar-refractivity contribution in [3.8, 4) is 6.07 Å². The SMILES string of the molecule is N#C/C(C(N)=O)=C1\S[C@@H](Cc2cc(Cl)ccc2Cl)C(=O)N1c1ccc(F)cc1. The number of hydrogen-bond acceptors (Lipinski definition) is 4. The maximum Gasteiger partial charge on any atom is 0.262 e. The number of carbonyl (C=O) groups is 2. The molecule has 0 aromatic heterocycles. The van der Waals surface area contributed by atoms with Crippen LogP contribution in [0.3, 0.4) is 0 Å². The highest BCUT2D eigenvalue weighted by Gasteiger charge is 2.40. The summed E-state index contributed by atoms with van der Waals surface area (Å²) in [5.41, 5.74) is 5.94. The molecule has 0 aliphatic carbocycles. The zero-order valence-corrected chi connectivity index (χ0v) is 16.5. The van der Waals surface area contributed by atoms with Gasteiger partial charge in [-0.2, -0.15) is 5.26 Å². The van der Waals surface area contributed by atoms with Gasteiger partial charge in [-0.15, -0.1) is 0 Å². The lowest BCUT2D eigenvalue weighted by Crippen LogP contribution is -2.31. The maximum atomic E-state index is 13.3. The summed E-state index contributed by atoms with van der Waals surface area (Å²) in [6.45, 7) is 0. The van der Waals surface area contributed by atoms with Crippen LogP contribution >= 0.6 is 35.0 Å². The van der Waals surface area contributed by atoms with Gasteiger partial charge in [0.2, 0.25) is 5.91 Å². The zero-order valence-electron chi connectivity index (χ0n) is 14.2. The average molecular weight is 436 g/mol. The number of carbonyl (C=O) groups excluding carboxylic acids is 2. The number of amides is 2. The van der Waals surface area contributed by atoms with Gasteiger partial charge in [0.1, 0.15) is 22.5 Å². The number of nitrogens with two attached hydrogens (primary N) is 1. The molecular weight excluding hydrogens is 424 g/mol. The fraction of sp³-hybridized carbons (Fsp3) is 0.105. The molecule has 1 aliphatic heterocycles. The first-order valence-electron chi connectivity index (χ1n) is 7.96. The summed E-state index contributed by atoms with van der Waals surface area (Å²) in [6, 6.07) is 11.8. The van der Waals surface area contributed by atoms with Gasteiger partial charge in [0, 0.05) is 15.7 Å². The van der Waals surface area contributed by atoms with Crippen LogP contribution in [-0.2, 0) is 16.0 Å². The van der Waals surface area contributed by atoms with Crippen LogP contribution in [0.2, 0.25) is 10.0 Å². The van der Waals surface area contributed by atoms with Crippen LogP contribution in [0.25, 0.3) is 0 Å². The standard InChI is InChI=1S/C19H12Cl2FN3O2S/c20-11-1-6-15(21)10(7-11)8-16-18(27)25(13-4-2-12(22)3-5-13)19(28-16)14(9-23)17(24)26/h1-7,16H,8H2,(H2,24,26)/b19-14+/t16-/m0/s1. The van der Waals surface area contributed by atoms with Gasteiger partial charge >= 0.3 is 0 Å². The van der Waals surface area contributed by atoms with E-state index in [4.69, 9.17) is 28.9 Å². The van der Waals surface area contributed by atoms with E-state index in [1.165, 1.54) is 29.2 Å². The highest BCUT2D eigenvalue weighted by molar-refractivity contribution is 8.05. The second kappa shape index (κ2) is 8.23. The second-order valence-corrected chi connectivity index (χ2v) is 7.89. The molecule has 142 valence electrons. The van der Waals surface area contributed by atoms with E-state index in [1.54, 1.807) is 24.3 Å². The molecular formula is C19H12Cl2FN3O2S. The van der Waals surface area contributed by atoms with Gasteiger partial charge in [0.25, 0.3) is 5.91 Å². The lowest BCUT2D eigenvalue weighted by molar-refractivity contribution is -0.117. The molecule has 1 fully saturated rings. The monoisotopic (exact) mass is 435 g/mol. The molecule has 9 heteroatoms. The number of nitriles is 1. The van der Waals surface area contributed by atoms with Crippen LogP contribution in [0.15, 0.2) is 53.1 Å². The normalized spacial score (nSPS) is 18.1. The smallest absolute Gasteiger partial charge is 0.262 e. The number of benzene rings is 2. The Morgan fingerprint density at radius 2 is 1.93 bits per heavy atom. The van der Waals surface area contributed by atoms with Crippen molar-refractivity contribution in [3.05, 3.63) is 74.5 Å². The third kappa shape index (κ3) is 3.99. The van der Waals surface area contributed by atoms with Crippen LogP contribution in [0, 0.1) is 17.1 Å². The van der Waals surface area contributed by atoms with Gasteiger partial charge in [-0.25, -0.2) is 4.39 Å². The fourth-order valence-electron chi connectivity index (χ4n) is 2.72. The van der Waals surface area contributed by atoms with Crippen LogP contribution in [0.4, 0.5) is 10.1 Å². The number of primary amides is 1. The summed E-state index contributed by atoms with van der Waals surface area (Å²) in [4.78, 5) is 26.0. The van der Waals surface area contributed by atoms with Crippen molar-refractivity contribution in [3.63, 3.8) is 0 Å². The van der Waals surface area contributed by atoms with E-state index in [2.05, 4.69) is 0 Å². The molecule has 2 aromatic carbocycles. The van der Waals surface area contributed by atoms with Crippen molar-refractivity contribution < 1.29 is 14.0 Å². The first-order chi connectivity index (χ1) is 13.3. The van der Waals surface area contributed by atoms with E-state index >= 15 is 0 Å². The predicted molar refractivity (Wildman–Crippen MR) is 107 cm³/mol. The maximum absolute atomic E-state index is 13.3. The van der Waals surface area contributed by atoms with Crippen LogP contribution < -0.4 is 10.6 Å². The number of thioether (sulfide) groups is 1. The number of anilines is 1. The Kier molecular flexibility index (Phi) is 5.94. The minimum atomic E-state index is -0.952. The number of nitrogens with zero attached hydrogens (tertiary/aromatic N) is 2. The van der Waals surface area contributed by atoms with Gasteiger partial charge < -0.3 is 5.73 Å². The minimum Gasteiger partial charge on any atom is -0.365 e. The summed E-state index contributed by atoms with van der Waals surface area (Å²) < 4.78 is 13.3. The Labute approximate surface area is 174 Å². The van der Waals surface area contributed by atoms with Gasteiger partial charge in [-0.05, 0) is 54.4 Å². The van der Waals surface area contributed by atoms with Crippen molar-refractivity contribution in [1.82, 2.24) is 0 Å². The third-order valence-electron chi connectivity index (χ3n) is 4.02. The second-order valence-electron chi connectivity index (χ2n) is 5.85. The van der Waals surface area contributed by atoms with Crippen LogP contribution in [0.1, 0.15) is 5.56 Å². The Balaban J connectivity index is 2.05. The molecule has 1 saturated heterocycles. The lowest BCUT2D eigenvalue weighted by atomic mass is 10.1. The molecule has 2 N–H and O–H groups in total. The highest BCUT2D eigenvalue weighted by Crippen LogP contribution is 2.42. The molecule has 1 aliphatic rings. The predicted octanol–water partition coefficient (Wildman–Crippen LogP) is 4.04. The Morgan fingerprint density at radius 1 is 1.25 bits per heavy atom. The van der Waals surface area contributed by atoms with Gasteiger partial charge in [-0.1, -0.05) is 35.0 Å². The molecule has 2 amide bonds. The lowest BCUT2D eigenvalue weighted by Gasteiger charge is -2.18. The molecule has 0 bridgehead atoms. The van der Waals surface area contributed by atoms with Crippen molar-refractivity contribution in [2.24, 2.45) is 5.73 Å². The average Bonchev–Trinajstić information content (AvgIpc) is 2.95. The van der Waals surface area contributed by atoms with E-state index in [9.17, 15) is 19.2 Å². The van der Waals surface area contributed by atoms with Gasteiger partial charge in [0.15, 0.2) is 0 Å². The highest BCUT2D eigenvalue weighted by atomic mass is 35.5. The van der Waals surface area contributed by atoms with Crippen LogP contribution in [0.5, 0.6) is 0 Å². The first-order valence-corrected chi connectivity index (χ1v) is 9.59. The quantitative estimate of drug-likeness (QED) is 0.579. The van der Waals surface area contributed by atoms with Gasteiger partial charge in [-0.3, -0.25) is 14.5 Å². The van der Waals surface area contributed by atoms with E-state index in [0.717, 1.165) is 11.8 Å². The van der Waals surface area contributed by atoms with E-state index in [-0.39, 0.29) is 22.9 Å². The van der Waals surface area contributed by atoms with Crippen molar-refractivity contribution in [2.75, 3.05) is 4.90 Å². The van der Waals surface area contributed by atoms with E-state index in [0.29, 0.717) is 21.3 Å².